The molecule has 9 heteroatoms. The molecule has 1 unspecified atom stereocenters. The zero-order valence-corrected chi connectivity index (χ0v) is 31.2. The van der Waals surface area contributed by atoms with Gasteiger partial charge in [0.1, 0.15) is 12.4 Å². The molecule has 0 aliphatic carbocycles. The average molecular weight is 867 g/mol. The maximum absolute atomic E-state index is 14.3. The van der Waals surface area contributed by atoms with Gasteiger partial charge in [-0.05, 0) is 98.5 Å². The van der Waals surface area contributed by atoms with Crippen LogP contribution in [0.2, 0.25) is 0 Å². The fourth-order valence-electron chi connectivity index (χ4n) is 5.50. The molecular formula is C38H32I2N2O4S. The Hall–Kier alpha value is -3.55. The standard InChI is InChI=1S/C38H32I2N2O4S/c1-4-45-37(44)32-33(27-13-9-6-10-14-27)41-38-42(34(32)28-17-15-26(16-18-28)23(2)3)36(43)31(47-38)21-25-19-29(39)35(30(40)20-25)46-22-24-11-7-5-8-12-24/h5-21,23,34H,4,22H2,1-3H3/b31-21-. The minimum atomic E-state index is -0.710. The number of thiazole rings is 1. The molecule has 0 radical (unpaired) electrons. The van der Waals surface area contributed by atoms with Crippen LogP contribution in [0.4, 0.5) is 0 Å². The van der Waals surface area contributed by atoms with Crippen LogP contribution in [0, 0.1) is 7.14 Å². The van der Waals surface area contributed by atoms with E-state index in [1.165, 1.54) is 16.9 Å². The summed E-state index contributed by atoms with van der Waals surface area (Å²) < 4.78 is 15.8. The number of nitrogens with zero attached hydrogens (tertiary/aromatic N) is 2. The van der Waals surface area contributed by atoms with E-state index in [1.807, 2.05) is 91.0 Å². The van der Waals surface area contributed by atoms with Gasteiger partial charge in [-0.25, -0.2) is 9.79 Å². The van der Waals surface area contributed by atoms with Crippen LogP contribution in [0.3, 0.4) is 0 Å². The summed E-state index contributed by atoms with van der Waals surface area (Å²) in [5.41, 5.74) is 5.39. The number of halogens is 2. The summed E-state index contributed by atoms with van der Waals surface area (Å²) in [5, 5.41) is 0. The topological polar surface area (TPSA) is 69.9 Å². The first-order valence-corrected chi connectivity index (χ1v) is 18.3. The highest BCUT2D eigenvalue weighted by Crippen LogP contribution is 2.36. The van der Waals surface area contributed by atoms with Crippen molar-refractivity contribution in [1.29, 1.82) is 0 Å². The van der Waals surface area contributed by atoms with Gasteiger partial charge in [-0.1, -0.05) is 110 Å². The van der Waals surface area contributed by atoms with E-state index < -0.39 is 12.0 Å². The van der Waals surface area contributed by atoms with Crippen molar-refractivity contribution < 1.29 is 14.3 Å². The summed E-state index contributed by atoms with van der Waals surface area (Å²) in [5.74, 6) is 0.661. The summed E-state index contributed by atoms with van der Waals surface area (Å²) in [6.07, 6.45) is 1.89. The van der Waals surface area contributed by atoms with Gasteiger partial charge in [0.2, 0.25) is 0 Å². The average Bonchev–Trinajstić information content (AvgIpc) is 3.38. The number of carbonyl (C=O) groups excluding carboxylic acids is 1. The van der Waals surface area contributed by atoms with E-state index in [0.29, 0.717) is 33.1 Å². The minimum absolute atomic E-state index is 0.205. The van der Waals surface area contributed by atoms with Gasteiger partial charge in [-0.15, -0.1) is 0 Å². The third-order valence-electron chi connectivity index (χ3n) is 7.84. The molecule has 2 heterocycles. The number of esters is 1. The van der Waals surface area contributed by atoms with Gasteiger partial charge in [-0.2, -0.15) is 0 Å². The van der Waals surface area contributed by atoms with Gasteiger partial charge < -0.3 is 9.47 Å². The monoisotopic (exact) mass is 866 g/mol. The van der Waals surface area contributed by atoms with Crippen LogP contribution < -0.4 is 19.6 Å². The van der Waals surface area contributed by atoms with Gasteiger partial charge in [0.15, 0.2) is 4.80 Å². The minimum Gasteiger partial charge on any atom is -0.487 e. The van der Waals surface area contributed by atoms with Gasteiger partial charge in [-0.3, -0.25) is 9.36 Å². The van der Waals surface area contributed by atoms with Crippen molar-refractivity contribution in [1.82, 2.24) is 4.57 Å². The summed E-state index contributed by atoms with van der Waals surface area (Å²) in [6, 6.07) is 31.1. The van der Waals surface area contributed by atoms with Crippen molar-refractivity contribution in [3.63, 3.8) is 0 Å². The maximum atomic E-state index is 14.3. The van der Waals surface area contributed by atoms with Gasteiger partial charge in [0.25, 0.3) is 5.56 Å². The molecule has 238 valence electrons. The van der Waals surface area contributed by atoms with E-state index in [4.69, 9.17) is 14.5 Å². The van der Waals surface area contributed by atoms with Crippen LogP contribution in [0.15, 0.2) is 112 Å². The highest BCUT2D eigenvalue weighted by Gasteiger charge is 2.35. The molecule has 1 aromatic heterocycles. The van der Waals surface area contributed by atoms with Crippen molar-refractivity contribution in [3.05, 3.63) is 157 Å². The van der Waals surface area contributed by atoms with Crippen molar-refractivity contribution in [3.8, 4) is 5.75 Å². The largest absolute Gasteiger partial charge is 0.487 e. The molecular weight excluding hydrogens is 834 g/mol. The summed E-state index contributed by atoms with van der Waals surface area (Å²) >= 11 is 5.88. The molecule has 6 nitrogen and oxygen atoms in total. The fraction of sp³-hybridized carbons (Fsp3) is 0.184. The first-order chi connectivity index (χ1) is 22.7. The number of aromatic nitrogens is 1. The van der Waals surface area contributed by atoms with E-state index in [9.17, 15) is 9.59 Å². The normalized spacial score (nSPS) is 14.6. The van der Waals surface area contributed by atoms with Crippen LogP contribution in [0.1, 0.15) is 60.5 Å². The Morgan fingerprint density at radius 3 is 2.21 bits per heavy atom. The summed E-state index contributed by atoms with van der Waals surface area (Å²) in [7, 11) is 0. The maximum Gasteiger partial charge on any atom is 0.338 e. The second-order valence-corrected chi connectivity index (χ2v) is 14.7. The van der Waals surface area contributed by atoms with E-state index in [-0.39, 0.29) is 12.2 Å². The number of hydrogen-bond acceptors (Lipinski definition) is 6. The van der Waals surface area contributed by atoms with Gasteiger partial charge >= 0.3 is 5.97 Å². The van der Waals surface area contributed by atoms with Crippen LogP contribution in [-0.4, -0.2) is 17.1 Å². The third-order valence-corrected chi connectivity index (χ3v) is 10.4. The molecule has 0 fully saturated rings. The molecule has 1 atom stereocenters. The van der Waals surface area contributed by atoms with E-state index >= 15 is 0 Å². The Balaban J connectivity index is 1.49. The first-order valence-electron chi connectivity index (χ1n) is 15.3. The molecule has 0 bridgehead atoms. The molecule has 0 N–H and O–H groups in total. The molecule has 0 saturated heterocycles. The Morgan fingerprint density at radius 2 is 1.60 bits per heavy atom. The third kappa shape index (κ3) is 7.17. The smallest absolute Gasteiger partial charge is 0.338 e. The molecule has 0 spiro atoms. The predicted octanol–water partition coefficient (Wildman–Crippen LogP) is 7.85. The van der Waals surface area contributed by atoms with Crippen molar-refractivity contribution in [2.45, 2.75) is 39.3 Å². The SMILES string of the molecule is CCOC(=O)C1=C(c2ccccc2)N=c2s/c(=C\c3cc(I)c(OCc4ccccc4)c(I)c3)c(=O)n2C1c1ccc(C(C)C)cc1. The van der Waals surface area contributed by atoms with E-state index in [0.717, 1.165) is 35.1 Å². The van der Waals surface area contributed by atoms with Crippen LogP contribution >= 0.6 is 56.5 Å². The lowest BCUT2D eigenvalue weighted by Gasteiger charge is -2.26. The predicted molar refractivity (Wildman–Crippen MR) is 204 cm³/mol. The molecule has 47 heavy (non-hydrogen) atoms. The molecule has 1 aliphatic heterocycles. The van der Waals surface area contributed by atoms with Crippen molar-refractivity contribution >= 4 is 74.3 Å². The zero-order chi connectivity index (χ0) is 33.1. The number of ether oxygens (including phenoxy) is 2. The molecule has 6 rings (SSSR count). The second kappa shape index (κ2) is 14.7. The van der Waals surface area contributed by atoms with Crippen molar-refractivity contribution in [2.75, 3.05) is 6.61 Å². The van der Waals surface area contributed by atoms with Crippen molar-refractivity contribution in [2.24, 2.45) is 4.99 Å². The molecule has 5 aromatic rings. The molecule has 0 amide bonds. The molecule has 0 saturated carbocycles. The van der Waals surface area contributed by atoms with Crippen LogP contribution in [-0.2, 0) is 16.1 Å². The number of hydrogen-bond donors (Lipinski definition) is 0. The lowest BCUT2D eigenvalue weighted by atomic mass is 9.91. The fourth-order valence-corrected chi connectivity index (χ4v) is 8.63. The van der Waals surface area contributed by atoms with Crippen LogP contribution in [0.5, 0.6) is 5.75 Å². The Bertz CT molecular complexity index is 2120. The second-order valence-electron chi connectivity index (χ2n) is 11.3. The number of benzene rings is 4. The number of fused-ring (bicyclic) bond motifs is 1. The van der Waals surface area contributed by atoms with E-state index in [1.54, 1.807) is 11.5 Å². The molecule has 1 aliphatic rings. The van der Waals surface area contributed by atoms with E-state index in [2.05, 4.69) is 71.2 Å². The number of carbonyl (C=O) groups is 1. The summed E-state index contributed by atoms with van der Waals surface area (Å²) in [6.45, 7) is 6.73. The van der Waals surface area contributed by atoms with Gasteiger partial charge in [0, 0.05) is 5.56 Å². The van der Waals surface area contributed by atoms with Gasteiger partial charge in [0.05, 0.1) is 35.6 Å². The highest BCUT2D eigenvalue weighted by atomic mass is 127. The quantitative estimate of drug-likeness (QED) is 0.112. The van der Waals surface area contributed by atoms with Crippen LogP contribution in [0.25, 0.3) is 11.8 Å². The highest BCUT2D eigenvalue weighted by molar-refractivity contribution is 14.1. The zero-order valence-electron chi connectivity index (χ0n) is 26.1. The Kier molecular flexibility index (Phi) is 10.4. The summed E-state index contributed by atoms with van der Waals surface area (Å²) in [4.78, 5) is 33.5. The first kappa shape index (κ1) is 33.4. The molecule has 4 aromatic carbocycles. The Labute approximate surface area is 304 Å². The lowest BCUT2D eigenvalue weighted by Crippen LogP contribution is -2.40. The number of rotatable bonds is 9. The lowest BCUT2D eigenvalue weighted by molar-refractivity contribution is -0.138. The Morgan fingerprint density at radius 1 is 0.957 bits per heavy atom.